The Balaban J connectivity index is 2.19. The summed E-state index contributed by atoms with van der Waals surface area (Å²) in [4.78, 5) is 24.5. The third kappa shape index (κ3) is 4.70. The van der Waals surface area contributed by atoms with Gasteiger partial charge in [-0.05, 0) is 38.0 Å². The van der Waals surface area contributed by atoms with Crippen molar-refractivity contribution in [3.8, 4) is 17.2 Å². The highest BCUT2D eigenvalue weighted by Gasteiger charge is 2.20. The molecule has 2 rings (SSSR count). The van der Waals surface area contributed by atoms with Crippen molar-refractivity contribution < 1.29 is 14.3 Å². The summed E-state index contributed by atoms with van der Waals surface area (Å²) in [5.41, 5.74) is 1.68. The van der Waals surface area contributed by atoms with Gasteiger partial charge in [0.05, 0.1) is 17.2 Å². The standard InChI is InChI=1S/C21H22N2O3/c1-4-21(2,3)23-19(24)14-26-20(25)18-12-8-7-11-17(18)16-10-6-5-9-15(16)13-22/h5-12H,4,14H2,1-3H3,(H,23,24). The minimum absolute atomic E-state index is 0.317. The van der Waals surface area contributed by atoms with Gasteiger partial charge in [-0.3, -0.25) is 4.79 Å². The van der Waals surface area contributed by atoms with Crippen LogP contribution in [-0.2, 0) is 9.53 Å². The van der Waals surface area contributed by atoms with E-state index >= 15 is 0 Å². The van der Waals surface area contributed by atoms with Gasteiger partial charge in [0.15, 0.2) is 6.61 Å². The molecule has 0 fully saturated rings. The molecule has 5 nitrogen and oxygen atoms in total. The number of carbonyl (C=O) groups excluding carboxylic acids is 2. The van der Waals surface area contributed by atoms with Gasteiger partial charge < -0.3 is 10.1 Å². The van der Waals surface area contributed by atoms with E-state index in [0.29, 0.717) is 22.3 Å². The fourth-order valence-electron chi connectivity index (χ4n) is 2.42. The third-order valence-corrected chi connectivity index (χ3v) is 4.18. The lowest BCUT2D eigenvalue weighted by Gasteiger charge is -2.24. The van der Waals surface area contributed by atoms with Crippen molar-refractivity contribution in [2.45, 2.75) is 32.7 Å². The Hall–Kier alpha value is -3.13. The summed E-state index contributed by atoms with van der Waals surface area (Å²) in [5.74, 6) is -0.946. The maximum absolute atomic E-state index is 12.5. The van der Waals surface area contributed by atoms with Crippen LogP contribution in [0, 0.1) is 11.3 Å². The Labute approximate surface area is 153 Å². The topological polar surface area (TPSA) is 79.2 Å². The van der Waals surface area contributed by atoms with Gasteiger partial charge >= 0.3 is 5.97 Å². The number of carbonyl (C=O) groups is 2. The summed E-state index contributed by atoms with van der Waals surface area (Å²) in [6.07, 6.45) is 0.764. The van der Waals surface area contributed by atoms with Crippen LogP contribution in [0.15, 0.2) is 48.5 Å². The second kappa shape index (κ2) is 8.30. The number of ether oxygens (including phenoxy) is 1. The van der Waals surface area contributed by atoms with Crippen molar-refractivity contribution in [1.29, 1.82) is 5.26 Å². The molecule has 2 aromatic rings. The fourth-order valence-corrected chi connectivity index (χ4v) is 2.42. The number of amides is 1. The van der Waals surface area contributed by atoms with Gasteiger partial charge in [-0.2, -0.15) is 5.26 Å². The van der Waals surface area contributed by atoms with Crippen molar-refractivity contribution in [2.24, 2.45) is 0 Å². The number of esters is 1. The molecule has 0 saturated carbocycles. The third-order valence-electron chi connectivity index (χ3n) is 4.18. The van der Waals surface area contributed by atoms with E-state index in [2.05, 4.69) is 11.4 Å². The average Bonchev–Trinajstić information content (AvgIpc) is 2.65. The first-order chi connectivity index (χ1) is 12.4. The highest BCUT2D eigenvalue weighted by Crippen LogP contribution is 2.27. The number of hydrogen-bond acceptors (Lipinski definition) is 4. The molecule has 0 aliphatic heterocycles. The predicted molar refractivity (Wildman–Crippen MR) is 99.4 cm³/mol. The number of benzene rings is 2. The predicted octanol–water partition coefficient (Wildman–Crippen LogP) is 3.69. The van der Waals surface area contributed by atoms with Crippen molar-refractivity contribution in [1.82, 2.24) is 5.32 Å². The lowest BCUT2D eigenvalue weighted by Crippen LogP contribution is -2.44. The van der Waals surface area contributed by atoms with Crippen LogP contribution in [0.1, 0.15) is 43.1 Å². The second-order valence-corrected chi connectivity index (χ2v) is 6.56. The van der Waals surface area contributed by atoms with Crippen LogP contribution in [0.3, 0.4) is 0 Å². The van der Waals surface area contributed by atoms with Crippen LogP contribution in [0.4, 0.5) is 0 Å². The summed E-state index contributed by atoms with van der Waals surface area (Å²) in [6.45, 7) is 5.42. The molecule has 0 heterocycles. The quantitative estimate of drug-likeness (QED) is 0.806. The number of nitriles is 1. The number of rotatable bonds is 6. The summed E-state index contributed by atoms with van der Waals surface area (Å²) in [6, 6.07) is 16.1. The van der Waals surface area contributed by atoms with Crippen LogP contribution < -0.4 is 5.32 Å². The molecule has 0 aliphatic rings. The molecule has 0 spiro atoms. The van der Waals surface area contributed by atoms with Gasteiger partial charge in [0.25, 0.3) is 5.91 Å². The monoisotopic (exact) mass is 350 g/mol. The zero-order valence-electron chi connectivity index (χ0n) is 15.2. The second-order valence-electron chi connectivity index (χ2n) is 6.56. The van der Waals surface area contributed by atoms with Gasteiger partial charge in [0.2, 0.25) is 0 Å². The fraction of sp³-hybridized carbons (Fsp3) is 0.286. The highest BCUT2D eigenvalue weighted by atomic mass is 16.5. The van der Waals surface area contributed by atoms with Crippen LogP contribution in [0.2, 0.25) is 0 Å². The van der Waals surface area contributed by atoms with E-state index in [4.69, 9.17) is 4.74 Å². The molecule has 0 aliphatic carbocycles. The summed E-state index contributed by atoms with van der Waals surface area (Å²) < 4.78 is 5.18. The number of hydrogen-bond donors (Lipinski definition) is 1. The Morgan fingerprint density at radius 1 is 1.08 bits per heavy atom. The smallest absolute Gasteiger partial charge is 0.339 e. The zero-order valence-corrected chi connectivity index (χ0v) is 15.2. The Bertz CT molecular complexity index is 850. The average molecular weight is 350 g/mol. The highest BCUT2D eigenvalue weighted by molar-refractivity contribution is 5.98. The molecule has 5 heteroatoms. The molecule has 26 heavy (non-hydrogen) atoms. The molecular formula is C21H22N2O3. The normalized spacial score (nSPS) is 10.7. The van der Waals surface area contributed by atoms with Gasteiger partial charge in [-0.25, -0.2) is 4.79 Å². The first kappa shape index (κ1) is 19.2. The van der Waals surface area contributed by atoms with Gasteiger partial charge in [0, 0.05) is 11.1 Å². The minimum atomic E-state index is -0.599. The van der Waals surface area contributed by atoms with Crippen molar-refractivity contribution >= 4 is 11.9 Å². The molecule has 0 radical (unpaired) electrons. The molecule has 2 aromatic carbocycles. The summed E-state index contributed by atoms with van der Waals surface area (Å²) >= 11 is 0. The number of nitrogens with zero attached hydrogens (tertiary/aromatic N) is 1. The van der Waals surface area contributed by atoms with Crippen molar-refractivity contribution in [3.05, 3.63) is 59.7 Å². The van der Waals surface area contributed by atoms with E-state index in [1.165, 1.54) is 0 Å². The van der Waals surface area contributed by atoms with E-state index in [1.54, 1.807) is 48.5 Å². The van der Waals surface area contributed by atoms with Gasteiger partial charge in [0.1, 0.15) is 0 Å². The van der Waals surface area contributed by atoms with E-state index in [0.717, 1.165) is 6.42 Å². The van der Waals surface area contributed by atoms with Crippen LogP contribution in [0.25, 0.3) is 11.1 Å². The Kier molecular flexibility index (Phi) is 6.13. The first-order valence-electron chi connectivity index (χ1n) is 8.44. The molecule has 0 bridgehead atoms. The van der Waals surface area contributed by atoms with E-state index in [-0.39, 0.29) is 18.1 Å². The summed E-state index contributed by atoms with van der Waals surface area (Å²) in [7, 11) is 0. The minimum Gasteiger partial charge on any atom is -0.452 e. The molecule has 0 atom stereocenters. The Morgan fingerprint density at radius 2 is 1.69 bits per heavy atom. The van der Waals surface area contributed by atoms with Crippen molar-refractivity contribution in [3.63, 3.8) is 0 Å². The maximum atomic E-state index is 12.5. The van der Waals surface area contributed by atoms with E-state index in [9.17, 15) is 14.9 Å². The maximum Gasteiger partial charge on any atom is 0.339 e. The van der Waals surface area contributed by atoms with Crippen LogP contribution in [-0.4, -0.2) is 24.0 Å². The van der Waals surface area contributed by atoms with Gasteiger partial charge in [-0.15, -0.1) is 0 Å². The molecule has 0 unspecified atom stereocenters. The largest absolute Gasteiger partial charge is 0.452 e. The molecule has 1 N–H and O–H groups in total. The van der Waals surface area contributed by atoms with E-state index < -0.39 is 5.97 Å². The van der Waals surface area contributed by atoms with Crippen LogP contribution >= 0.6 is 0 Å². The van der Waals surface area contributed by atoms with E-state index in [1.807, 2.05) is 20.8 Å². The molecule has 0 saturated heterocycles. The molecule has 134 valence electrons. The zero-order chi connectivity index (χ0) is 19.2. The first-order valence-corrected chi connectivity index (χ1v) is 8.44. The molecule has 1 amide bonds. The SMILES string of the molecule is CCC(C)(C)NC(=O)COC(=O)c1ccccc1-c1ccccc1C#N. The molecular weight excluding hydrogens is 328 g/mol. The van der Waals surface area contributed by atoms with Crippen LogP contribution in [0.5, 0.6) is 0 Å². The molecule has 0 aromatic heterocycles. The summed E-state index contributed by atoms with van der Waals surface area (Å²) in [5, 5.41) is 12.1. The Morgan fingerprint density at radius 3 is 2.35 bits per heavy atom. The van der Waals surface area contributed by atoms with Gasteiger partial charge in [-0.1, -0.05) is 43.3 Å². The number of nitrogens with one attached hydrogen (secondary N) is 1. The lowest BCUT2D eigenvalue weighted by atomic mass is 9.96. The van der Waals surface area contributed by atoms with Crippen molar-refractivity contribution in [2.75, 3.05) is 6.61 Å². The lowest BCUT2D eigenvalue weighted by molar-refractivity contribution is -0.125.